The average molecular weight is 304 g/mol. The molecule has 108 valence electrons. The number of thiocarbonyl (C=S) groups is 1. The van der Waals surface area contributed by atoms with Crippen molar-refractivity contribution in [3.8, 4) is 0 Å². The molecule has 0 spiro atoms. The summed E-state index contributed by atoms with van der Waals surface area (Å²) in [6, 6.07) is 0. The molecule has 0 saturated carbocycles. The monoisotopic (exact) mass is 304 g/mol. The van der Waals surface area contributed by atoms with Gasteiger partial charge in [0.05, 0.1) is 4.99 Å². The molecule has 3 N–H and O–H groups in total. The first-order chi connectivity index (χ1) is 8.60. The Labute approximate surface area is 119 Å². The summed E-state index contributed by atoms with van der Waals surface area (Å²) in [6.07, 6.45) is 1.52. The molecule has 0 aliphatic carbocycles. The Hall–Kier alpha value is -0.990. The fourth-order valence-corrected chi connectivity index (χ4v) is 2.65. The molecule has 6 nitrogen and oxygen atoms in total. The van der Waals surface area contributed by atoms with Crippen LogP contribution in [-0.2, 0) is 16.6 Å². The third-order valence-corrected chi connectivity index (χ3v) is 4.77. The minimum absolute atomic E-state index is 0.0191. The number of nitrogens with two attached hydrogens (primary N) is 1. The van der Waals surface area contributed by atoms with Gasteiger partial charge in [0.1, 0.15) is 5.82 Å². The van der Waals surface area contributed by atoms with E-state index in [-0.39, 0.29) is 16.6 Å². The van der Waals surface area contributed by atoms with Crippen LogP contribution < -0.4 is 10.5 Å². The fraction of sp³-hybridized carbons (Fsp3) is 0.636. The maximum Gasteiger partial charge on any atom is 0.259 e. The van der Waals surface area contributed by atoms with Crippen molar-refractivity contribution in [1.82, 2.24) is 14.3 Å². The molecule has 0 aliphatic rings. The molecule has 1 aromatic heterocycles. The number of hydrogen-bond acceptors (Lipinski definition) is 4. The molecule has 0 bridgehead atoms. The number of nitrogens with one attached hydrogen (secondary N) is 1. The molecular weight excluding hydrogens is 284 g/mol. The van der Waals surface area contributed by atoms with Gasteiger partial charge in [-0.15, -0.1) is 0 Å². The normalized spacial score (nSPS) is 12.6. The van der Waals surface area contributed by atoms with E-state index in [1.165, 1.54) is 6.20 Å². The van der Waals surface area contributed by atoms with Crippen LogP contribution >= 0.6 is 12.2 Å². The highest BCUT2D eigenvalue weighted by Crippen LogP contribution is 2.16. The molecule has 19 heavy (non-hydrogen) atoms. The van der Waals surface area contributed by atoms with Gasteiger partial charge in [-0.05, 0) is 13.8 Å². The van der Waals surface area contributed by atoms with Gasteiger partial charge in [-0.25, -0.2) is 18.1 Å². The lowest BCUT2D eigenvalue weighted by Crippen LogP contribution is -2.41. The van der Waals surface area contributed by atoms with Crippen LogP contribution in [-0.4, -0.2) is 29.5 Å². The van der Waals surface area contributed by atoms with Gasteiger partial charge in [-0.3, -0.25) is 0 Å². The summed E-state index contributed by atoms with van der Waals surface area (Å²) in [7, 11) is -3.64. The van der Waals surface area contributed by atoms with Gasteiger partial charge in [-0.2, -0.15) is 0 Å². The molecule has 8 heteroatoms. The fourth-order valence-electron chi connectivity index (χ4n) is 1.37. The highest BCUT2D eigenvalue weighted by atomic mass is 32.2. The smallest absolute Gasteiger partial charge is 0.259 e. The van der Waals surface area contributed by atoms with Crippen LogP contribution in [0.15, 0.2) is 11.2 Å². The molecule has 0 unspecified atom stereocenters. The van der Waals surface area contributed by atoms with Gasteiger partial charge >= 0.3 is 0 Å². The van der Waals surface area contributed by atoms with E-state index in [1.807, 2.05) is 6.92 Å². The van der Waals surface area contributed by atoms with Crippen molar-refractivity contribution < 1.29 is 8.42 Å². The van der Waals surface area contributed by atoms with Gasteiger partial charge in [-0.1, -0.05) is 26.1 Å². The Morgan fingerprint density at radius 2 is 2.16 bits per heavy atom. The van der Waals surface area contributed by atoms with E-state index in [2.05, 4.69) is 9.71 Å². The largest absolute Gasteiger partial charge is 0.393 e. The van der Waals surface area contributed by atoms with E-state index >= 15 is 0 Å². The van der Waals surface area contributed by atoms with Gasteiger partial charge in [0.15, 0.2) is 5.03 Å². The lowest BCUT2D eigenvalue weighted by Gasteiger charge is -2.22. The van der Waals surface area contributed by atoms with Crippen LogP contribution in [0.2, 0.25) is 0 Å². The van der Waals surface area contributed by atoms with Crippen LogP contribution in [0.4, 0.5) is 0 Å². The van der Waals surface area contributed by atoms with E-state index in [1.54, 1.807) is 25.3 Å². The Morgan fingerprint density at radius 1 is 1.58 bits per heavy atom. The van der Waals surface area contributed by atoms with E-state index in [0.29, 0.717) is 12.4 Å². The maximum absolute atomic E-state index is 12.1. The standard InChI is InChI=1S/C11H20N4O2S2/c1-5-15-6-9(14-8(15)2)19(16,17)13-7-11(3,4)10(12)18/h6,13H,5,7H2,1-4H3,(H2,12,18). The minimum atomic E-state index is -3.64. The zero-order valence-corrected chi connectivity index (χ0v) is 13.2. The van der Waals surface area contributed by atoms with E-state index < -0.39 is 15.4 Å². The minimum Gasteiger partial charge on any atom is -0.393 e. The summed E-state index contributed by atoms with van der Waals surface area (Å²) in [5, 5.41) is 0.0191. The zero-order valence-electron chi connectivity index (χ0n) is 11.6. The van der Waals surface area contributed by atoms with Gasteiger partial charge in [0, 0.05) is 24.7 Å². The Bertz CT molecular complexity index is 576. The maximum atomic E-state index is 12.1. The molecule has 0 saturated heterocycles. The second-order valence-corrected chi connectivity index (χ2v) is 7.14. The third-order valence-electron chi connectivity index (χ3n) is 2.94. The Balaban J connectivity index is 2.90. The zero-order chi connectivity index (χ0) is 14.8. The van der Waals surface area contributed by atoms with Gasteiger partial charge in [0.25, 0.3) is 10.0 Å². The van der Waals surface area contributed by atoms with Gasteiger partial charge in [0.2, 0.25) is 0 Å². The summed E-state index contributed by atoms with van der Waals surface area (Å²) in [5.41, 5.74) is 4.99. The molecule has 0 aliphatic heterocycles. The molecule has 0 radical (unpaired) electrons. The summed E-state index contributed by atoms with van der Waals surface area (Å²) in [5.74, 6) is 0.663. The number of nitrogens with zero attached hydrogens (tertiary/aromatic N) is 2. The lowest BCUT2D eigenvalue weighted by atomic mass is 9.94. The number of rotatable bonds is 6. The summed E-state index contributed by atoms with van der Waals surface area (Å²) in [6.45, 7) is 8.08. The van der Waals surface area contributed by atoms with Crippen LogP contribution in [0.3, 0.4) is 0 Å². The predicted molar refractivity (Wildman–Crippen MR) is 78.4 cm³/mol. The highest BCUT2D eigenvalue weighted by molar-refractivity contribution is 7.89. The summed E-state index contributed by atoms with van der Waals surface area (Å²) < 4.78 is 28.5. The Morgan fingerprint density at radius 3 is 2.58 bits per heavy atom. The molecule has 0 atom stereocenters. The van der Waals surface area contributed by atoms with E-state index in [9.17, 15) is 8.42 Å². The summed E-state index contributed by atoms with van der Waals surface area (Å²) >= 11 is 4.90. The molecular formula is C11H20N4O2S2. The van der Waals surface area contributed by atoms with Crippen molar-refractivity contribution in [3.63, 3.8) is 0 Å². The molecule has 1 aromatic rings. The van der Waals surface area contributed by atoms with Crippen LogP contribution in [0.5, 0.6) is 0 Å². The van der Waals surface area contributed by atoms with Crippen molar-refractivity contribution in [2.24, 2.45) is 11.1 Å². The first kappa shape index (κ1) is 16.1. The van der Waals surface area contributed by atoms with Gasteiger partial charge < -0.3 is 10.3 Å². The molecule has 1 rings (SSSR count). The number of imidazole rings is 1. The number of sulfonamides is 1. The van der Waals surface area contributed by atoms with E-state index in [0.717, 1.165) is 0 Å². The molecule has 0 amide bonds. The molecule has 0 aromatic carbocycles. The highest BCUT2D eigenvalue weighted by Gasteiger charge is 2.26. The van der Waals surface area contributed by atoms with Crippen LogP contribution in [0.25, 0.3) is 0 Å². The van der Waals surface area contributed by atoms with Crippen molar-refractivity contribution >= 4 is 27.2 Å². The summed E-state index contributed by atoms with van der Waals surface area (Å²) in [4.78, 5) is 4.32. The molecule has 0 fully saturated rings. The number of aryl methyl sites for hydroxylation is 2. The Kier molecular flexibility index (Phi) is 4.70. The van der Waals surface area contributed by atoms with Crippen molar-refractivity contribution in [1.29, 1.82) is 0 Å². The third kappa shape index (κ3) is 3.74. The predicted octanol–water partition coefficient (Wildman–Crippen LogP) is 0.802. The first-order valence-corrected chi connectivity index (χ1v) is 7.82. The average Bonchev–Trinajstić information content (AvgIpc) is 2.69. The van der Waals surface area contributed by atoms with Crippen molar-refractivity contribution in [2.45, 2.75) is 39.3 Å². The van der Waals surface area contributed by atoms with E-state index in [4.69, 9.17) is 18.0 Å². The SMILES string of the molecule is CCn1cc(S(=O)(=O)NCC(C)(C)C(N)=S)nc1C. The molecule has 1 heterocycles. The second kappa shape index (κ2) is 5.56. The quantitative estimate of drug-likeness (QED) is 0.759. The van der Waals surface area contributed by atoms with Crippen molar-refractivity contribution in [2.75, 3.05) is 6.54 Å². The number of aromatic nitrogens is 2. The topological polar surface area (TPSA) is 90.0 Å². The van der Waals surface area contributed by atoms with Crippen LogP contribution in [0, 0.1) is 12.3 Å². The first-order valence-electron chi connectivity index (χ1n) is 5.93. The lowest BCUT2D eigenvalue weighted by molar-refractivity contribution is 0.500. The second-order valence-electron chi connectivity index (χ2n) is 4.99. The van der Waals surface area contributed by atoms with Crippen molar-refractivity contribution in [3.05, 3.63) is 12.0 Å². The number of hydrogen-bond donors (Lipinski definition) is 2. The van der Waals surface area contributed by atoms with Crippen LogP contribution in [0.1, 0.15) is 26.6 Å².